The Morgan fingerprint density at radius 1 is 1.39 bits per heavy atom. The summed E-state index contributed by atoms with van der Waals surface area (Å²) in [5.74, 6) is -0.736. The van der Waals surface area contributed by atoms with Gasteiger partial charge in [-0.05, 0) is 13.0 Å². The monoisotopic (exact) mass is 447 g/mol. The molecule has 0 saturated carbocycles. The smallest absolute Gasteiger partial charge is 0.407 e. The zero-order chi connectivity index (χ0) is 20.3. The Morgan fingerprint density at radius 2 is 2.11 bits per heavy atom. The van der Waals surface area contributed by atoms with Crippen LogP contribution in [0, 0.1) is 0 Å². The summed E-state index contributed by atoms with van der Waals surface area (Å²) in [6, 6.07) is 5.84. The lowest BCUT2D eigenvalue weighted by atomic mass is 9.89. The number of rotatable bonds is 2. The Kier molecular flexibility index (Phi) is 4.65. The van der Waals surface area contributed by atoms with Crippen LogP contribution < -0.4 is 15.5 Å². The molecule has 1 aromatic carbocycles. The predicted molar refractivity (Wildman–Crippen MR) is 101 cm³/mol. The summed E-state index contributed by atoms with van der Waals surface area (Å²) >= 11 is 16.7. The second-order valence-electron chi connectivity index (χ2n) is 6.92. The van der Waals surface area contributed by atoms with E-state index in [4.69, 9.17) is 44.3 Å². The minimum atomic E-state index is -1.76. The maximum absolute atomic E-state index is 12.6. The summed E-state index contributed by atoms with van der Waals surface area (Å²) in [5.41, 5.74) is 0.281. The van der Waals surface area contributed by atoms with E-state index in [-0.39, 0.29) is 12.3 Å². The first-order chi connectivity index (χ1) is 13.1. The number of nitrogens with one attached hydrogen (secondary N) is 2. The Bertz CT molecular complexity index is 861. The van der Waals surface area contributed by atoms with Crippen LogP contribution in [0.2, 0.25) is 0 Å². The molecule has 28 heavy (non-hydrogen) atoms. The molecule has 2 fully saturated rings. The molecule has 11 heteroatoms. The average Bonchev–Trinajstić information content (AvgIpc) is 3.19. The fourth-order valence-electron chi connectivity index (χ4n) is 3.96. The number of anilines is 1. The zero-order valence-electron chi connectivity index (χ0n) is 14.6. The maximum atomic E-state index is 12.6. The van der Waals surface area contributed by atoms with Gasteiger partial charge in [0.1, 0.15) is 18.8 Å². The second kappa shape index (κ2) is 6.66. The van der Waals surface area contributed by atoms with Crippen LogP contribution in [0.25, 0.3) is 0 Å². The third-order valence-corrected chi connectivity index (χ3v) is 5.40. The molecule has 0 unspecified atom stereocenters. The van der Waals surface area contributed by atoms with Crippen molar-refractivity contribution in [1.29, 1.82) is 0 Å². The van der Waals surface area contributed by atoms with Gasteiger partial charge < -0.3 is 14.8 Å². The maximum Gasteiger partial charge on any atom is 0.407 e. The molecule has 8 nitrogen and oxygen atoms in total. The SMILES string of the molecule is C[C@@H]1N[C@@H]2N(C1=O)c1ccccc1[C@]21C[C@@H](NC(=O)OCC(Cl)(Cl)Cl)C(=O)O1. The van der Waals surface area contributed by atoms with E-state index in [1.165, 1.54) is 0 Å². The van der Waals surface area contributed by atoms with Crippen LogP contribution >= 0.6 is 34.8 Å². The number of carbonyl (C=O) groups is 3. The topological polar surface area (TPSA) is 97.0 Å². The highest BCUT2D eigenvalue weighted by Crippen LogP contribution is 2.52. The highest BCUT2D eigenvalue weighted by atomic mass is 35.6. The molecule has 0 radical (unpaired) electrons. The van der Waals surface area contributed by atoms with Crippen molar-refractivity contribution in [2.24, 2.45) is 0 Å². The minimum Gasteiger partial charge on any atom is -0.449 e. The number of hydrogen-bond donors (Lipinski definition) is 2. The second-order valence-corrected chi connectivity index (χ2v) is 9.44. The molecular weight excluding hydrogens is 433 g/mol. The number of ether oxygens (including phenoxy) is 2. The first-order valence-corrected chi connectivity index (χ1v) is 9.67. The molecule has 2 N–H and O–H groups in total. The molecular formula is C17H16Cl3N3O5. The number of hydrogen-bond acceptors (Lipinski definition) is 6. The number of alkyl carbamates (subject to hydrolysis) is 1. The molecule has 2 saturated heterocycles. The number of nitrogens with zero attached hydrogens (tertiary/aromatic N) is 1. The van der Waals surface area contributed by atoms with Crippen molar-refractivity contribution in [3.63, 3.8) is 0 Å². The number of alkyl halides is 3. The highest BCUT2D eigenvalue weighted by Gasteiger charge is 2.64. The quantitative estimate of drug-likeness (QED) is 0.530. The van der Waals surface area contributed by atoms with Crippen molar-refractivity contribution >= 4 is 58.5 Å². The van der Waals surface area contributed by atoms with Gasteiger partial charge in [0.05, 0.1) is 11.7 Å². The van der Waals surface area contributed by atoms with Crippen molar-refractivity contribution in [1.82, 2.24) is 10.6 Å². The average molecular weight is 449 g/mol. The molecule has 3 aliphatic rings. The van der Waals surface area contributed by atoms with Crippen LogP contribution in [0.3, 0.4) is 0 Å². The van der Waals surface area contributed by atoms with Crippen LogP contribution in [0.15, 0.2) is 24.3 Å². The van der Waals surface area contributed by atoms with Crippen molar-refractivity contribution in [3.05, 3.63) is 29.8 Å². The van der Waals surface area contributed by atoms with E-state index in [9.17, 15) is 14.4 Å². The summed E-state index contributed by atoms with van der Waals surface area (Å²) in [4.78, 5) is 38.7. The van der Waals surface area contributed by atoms with E-state index in [2.05, 4.69) is 10.6 Å². The van der Waals surface area contributed by atoms with E-state index >= 15 is 0 Å². The van der Waals surface area contributed by atoms with Gasteiger partial charge in [-0.1, -0.05) is 53.0 Å². The van der Waals surface area contributed by atoms with Gasteiger partial charge in [0.15, 0.2) is 5.60 Å². The van der Waals surface area contributed by atoms with E-state index in [0.29, 0.717) is 11.3 Å². The number of halogens is 3. The predicted octanol–water partition coefficient (Wildman–Crippen LogP) is 1.96. The molecule has 4 rings (SSSR count). The highest BCUT2D eigenvalue weighted by molar-refractivity contribution is 6.67. The number of fused-ring (bicyclic) bond motifs is 5. The minimum absolute atomic E-state index is 0.108. The molecule has 3 heterocycles. The molecule has 150 valence electrons. The van der Waals surface area contributed by atoms with Crippen molar-refractivity contribution in [2.75, 3.05) is 11.5 Å². The standard InChI is InChI=1S/C17H16Cl3N3O5/c1-8-12(24)23-11-5-3-2-4-9(11)16(14(23)21-8)6-10(13(25)28-16)22-15(26)27-7-17(18,19)20/h2-5,8,10,14,21H,6-7H2,1H3,(H,22,26)/t8-,10+,14+,16+/m0/s1. The number of amides is 2. The summed E-state index contributed by atoms with van der Waals surface area (Å²) < 4.78 is 8.83. The molecule has 0 bridgehead atoms. The van der Waals surface area contributed by atoms with Gasteiger partial charge in [0, 0.05) is 12.0 Å². The van der Waals surface area contributed by atoms with Crippen LogP contribution in [-0.4, -0.2) is 46.6 Å². The lowest BCUT2D eigenvalue weighted by Crippen LogP contribution is -2.49. The lowest BCUT2D eigenvalue weighted by molar-refractivity contribution is -0.151. The number of para-hydroxylation sites is 1. The van der Waals surface area contributed by atoms with Gasteiger partial charge in [0.25, 0.3) is 0 Å². The molecule has 0 aliphatic carbocycles. The van der Waals surface area contributed by atoms with Crippen molar-refractivity contribution in [2.45, 2.75) is 41.0 Å². The van der Waals surface area contributed by atoms with Gasteiger partial charge in [-0.3, -0.25) is 15.0 Å². The number of esters is 1. The van der Waals surface area contributed by atoms with Gasteiger partial charge in [-0.2, -0.15) is 0 Å². The lowest BCUT2D eigenvalue weighted by Gasteiger charge is -2.29. The summed E-state index contributed by atoms with van der Waals surface area (Å²) in [6.45, 7) is 1.28. The normalized spacial score (nSPS) is 31.0. The molecule has 2 amide bonds. The largest absolute Gasteiger partial charge is 0.449 e. The van der Waals surface area contributed by atoms with Gasteiger partial charge >= 0.3 is 12.1 Å². The van der Waals surface area contributed by atoms with Gasteiger partial charge in [-0.25, -0.2) is 9.59 Å². The number of benzene rings is 1. The van der Waals surface area contributed by atoms with E-state index < -0.39 is 46.3 Å². The van der Waals surface area contributed by atoms with Crippen molar-refractivity contribution < 1.29 is 23.9 Å². The van der Waals surface area contributed by atoms with E-state index in [1.807, 2.05) is 12.1 Å². The number of carbonyl (C=O) groups excluding carboxylic acids is 3. The fraction of sp³-hybridized carbons (Fsp3) is 0.471. The Balaban J connectivity index is 1.58. The summed E-state index contributed by atoms with van der Waals surface area (Å²) in [5, 5.41) is 5.63. The van der Waals surface area contributed by atoms with E-state index in [1.54, 1.807) is 24.0 Å². The Hall–Kier alpha value is -1.74. The first kappa shape index (κ1) is 19.6. The molecule has 4 atom stereocenters. The van der Waals surface area contributed by atoms with Crippen LogP contribution in [0.4, 0.5) is 10.5 Å². The Morgan fingerprint density at radius 3 is 2.82 bits per heavy atom. The van der Waals surface area contributed by atoms with Crippen molar-refractivity contribution in [3.8, 4) is 0 Å². The molecule has 1 aromatic rings. The fourth-order valence-corrected chi connectivity index (χ4v) is 4.12. The molecule has 3 aliphatic heterocycles. The van der Waals surface area contributed by atoms with E-state index in [0.717, 1.165) is 0 Å². The Labute approximate surface area is 175 Å². The third-order valence-electron chi connectivity index (χ3n) is 5.07. The molecule has 1 spiro atoms. The zero-order valence-corrected chi connectivity index (χ0v) is 16.8. The van der Waals surface area contributed by atoms with Crippen LogP contribution in [-0.2, 0) is 24.7 Å². The summed E-state index contributed by atoms with van der Waals surface area (Å²) in [7, 11) is 0. The third kappa shape index (κ3) is 3.08. The van der Waals surface area contributed by atoms with Crippen LogP contribution in [0.5, 0.6) is 0 Å². The molecule has 0 aromatic heterocycles. The van der Waals surface area contributed by atoms with Gasteiger partial charge in [0.2, 0.25) is 9.70 Å². The van der Waals surface area contributed by atoms with Gasteiger partial charge in [-0.15, -0.1) is 0 Å². The first-order valence-electron chi connectivity index (χ1n) is 8.54. The summed E-state index contributed by atoms with van der Waals surface area (Å²) in [6.07, 6.45) is -1.34. The van der Waals surface area contributed by atoms with Crippen LogP contribution in [0.1, 0.15) is 18.9 Å².